The van der Waals surface area contributed by atoms with Gasteiger partial charge in [-0.3, -0.25) is 4.79 Å². The molecule has 0 aliphatic heterocycles. The fourth-order valence-corrected chi connectivity index (χ4v) is 1.54. The van der Waals surface area contributed by atoms with E-state index in [0.717, 1.165) is 6.07 Å². The summed E-state index contributed by atoms with van der Waals surface area (Å²) in [5, 5.41) is 8.97. The Labute approximate surface area is 95.4 Å². The molecule has 0 atom stereocenters. The molecular weight excluding hydrogens is 225 g/mol. The van der Waals surface area contributed by atoms with Crippen molar-refractivity contribution in [1.29, 1.82) is 0 Å². The molecule has 2 aromatic rings. The predicted molar refractivity (Wildman–Crippen MR) is 59.4 cm³/mol. The summed E-state index contributed by atoms with van der Waals surface area (Å²) in [7, 11) is 0. The highest BCUT2D eigenvalue weighted by Crippen LogP contribution is 2.22. The third-order valence-corrected chi connectivity index (χ3v) is 2.29. The van der Waals surface area contributed by atoms with Crippen molar-refractivity contribution in [3.8, 4) is 11.1 Å². The van der Waals surface area contributed by atoms with Gasteiger partial charge in [0.1, 0.15) is 5.82 Å². The van der Waals surface area contributed by atoms with Gasteiger partial charge in [0.05, 0.1) is 5.56 Å². The second kappa shape index (κ2) is 4.21. The molecule has 0 unspecified atom stereocenters. The Kier molecular flexibility index (Phi) is 2.74. The zero-order chi connectivity index (χ0) is 12.4. The number of nitrogens with one attached hydrogen (secondary N) is 1. The van der Waals surface area contributed by atoms with Crippen LogP contribution in [-0.2, 0) is 0 Å². The van der Waals surface area contributed by atoms with Gasteiger partial charge in [0.25, 0.3) is 0 Å². The Morgan fingerprint density at radius 3 is 2.71 bits per heavy atom. The summed E-state index contributed by atoms with van der Waals surface area (Å²) < 4.78 is 13.0. The largest absolute Gasteiger partial charge is 0.478 e. The van der Waals surface area contributed by atoms with Crippen LogP contribution in [0.25, 0.3) is 11.1 Å². The molecule has 5 heteroatoms. The first-order valence-electron chi connectivity index (χ1n) is 4.80. The summed E-state index contributed by atoms with van der Waals surface area (Å²) in [5.74, 6) is -1.69. The Morgan fingerprint density at radius 1 is 1.29 bits per heavy atom. The number of pyridine rings is 1. The van der Waals surface area contributed by atoms with Crippen molar-refractivity contribution >= 4 is 5.97 Å². The number of aromatic amines is 1. The van der Waals surface area contributed by atoms with Gasteiger partial charge in [0, 0.05) is 17.8 Å². The van der Waals surface area contributed by atoms with Crippen molar-refractivity contribution < 1.29 is 14.3 Å². The van der Waals surface area contributed by atoms with Crippen LogP contribution >= 0.6 is 0 Å². The zero-order valence-corrected chi connectivity index (χ0v) is 8.61. The van der Waals surface area contributed by atoms with Crippen molar-refractivity contribution in [3.63, 3.8) is 0 Å². The SMILES string of the molecule is O=C(O)c1cc(=O)[nH]cc1-c1cccc(F)c1. The van der Waals surface area contributed by atoms with E-state index < -0.39 is 17.3 Å². The first-order valence-corrected chi connectivity index (χ1v) is 4.80. The van der Waals surface area contributed by atoms with Gasteiger partial charge in [-0.1, -0.05) is 12.1 Å². The van der Waals surface area contributed by atoms with Crippen LogP contribution in [0.15, 0.2) is 41.3 Å². The maximum atomic E-state index is 13.0. The number of carbonyl (C=O) groups is 1. The molecule has 2 rings (SSSR count). The molecule has 0 saturated heterocycles. The number of aromatic nitrogens is 1. The molecule has 86 valence electrons. The van der Waals surface area contributed by atoms with Gasteiger partial charge < -0.3 is 10.1 Å². The lowest BCUT2D eigenvalue weighted by molar-refractivity contribution is 0.0697. The molecule has 0 aliphatic carbocycles. The van der Waals surface area contributed by atoms with Gasteiger partial charge in [-0.25, -0.2) is 9.18 Å². The monoisotopic (exact) mass is 233 g/mol. The molecule has 4 nitrogen and oxygen atoms in total. The van der Waals surface area contributed by atoms with E-state index in [1.54, 1.807) is 6.07 Å². The minimum absolute atomic E-state index is 0.153. The lowest BCUT2D eigenvalue weighted by Crippen LogP contribution is -2.10. The van der Waals surface area contributed by atoms with Crippen molar-refractivity contribution in [2.24, 2.45) is 0 Å². The van der Waals surface area contributed by atoms with Crippen LogP contribution in [0.2, 0.25) is 0 Å². The summed E-state index contributed by atoms with van der Waals surface area (Å²) in [6.07, 6.45) is 1.26. The number of halogens is 1. The normalized spacial score (nSPS) is 10.2. The number of rotatable bonds is 2. The van der Waals surface area contributed by atoms with Gasteiger partial charge in [-0.05, 0) is 17.7 Å². The lowest BCUT2D eigenvalue weighted by Gasteiger charge is -2.05. The number of hydrogen-bond donors (Lipinski definition) is 2. The molecule has 0 amide bonds. The predicted octanol–water partition coefficient (Wildman–Crippen LogP) is 1.88. The van der Waals surface area contributed by atoms with E-state index >= 15 is 0 Å². The first-order chi connectivity index (χ1) is 8.08. The summed E-state index contributed by atoms with van der Waals surface area (Å²) >= 11 is 0. The molecular formula is C12H8FNO3. The minimum atomic E-state index is -1.23. The van der Waals surface area contributed by atoms with Crippen molar-refractivity contribution in [1.82, 2.24) is 4.98 Å². The Morgan fingerprint density at radius 2 is 2.06 bits per heavy atom. The number of H-pyrrole nitrogens is 1. The van der Waals surface area contributed by atoms with E-state index in [2.05, 4.69) is 4.98 Å². The molecule has 1 heterocycles. The van der Waals surface area contributed by atoms with Gasteiger partial charge in [0.15, 0.2) is 0 Å². The highest BCUT2D eigenvalue weighted by molar-refractivity contribution is 5.95. The van der Waals surface area contributed by atoms with E-state index in [9.17, 15) is 14.0 Å². The Hall–Kier alpha value is -2.43. The van der Waals surface area contributed by atoms with E-state index in [4.69, 9.17) is 5.11 Å². The highest BCUT2D eigenvalue weighted by Gasteiger charge is 2.12. The standard InChI is InChI=1S/C12H8FNO3/c13-8-3-1-2-7(4-8)10-6-14-11(15)5-9(10)12(16)17/h1-6H,(H,14,15)(H,16,17). The molecule has 1 aromatic carbocycles. The molecule has 0 fully saturated rings. The topological polar surface area (TPSA) is 70.2 Å². The summed E-state index contributed by atoms with van der Waals surface area (Å²) in [4.78, 5) is 24.4. The quantitative estimate of drug-likeness (QED) is 0.831. The summed E-state index contributed by atoms with van der Waals surface area (Å²) in [5.41, 5.74) is 0.0113. The van der Waals surface area contributed by atoms with Gasteiger partial charge in [-0.2, -0.15) is 0 Å². The zero-order valence-electron chi connectivity index (χ0n) is 8.61. The second-order valence-corrected chi connectivity index (χ2v) is 3.44. The van der Waals surface area contributed by atoms with Crippen molar-refractivity contribution in [2.75, 3.05) is 0 Å². The highest BCUT2D eigenvalue weighted by atomic mass is 19.1. The van der Waals surface area contributed by atoms with Crippen LogP contribution < -0.4 is 5.56 Å². The smallest absolute Gasteiger partial charge is 0.336 e. The van der Waals surface area contributed by atoms with Crippen LogP contribution in [0.4, 0.5) is 4.39 Å². The fraction of sp³-hybridized carbons (Fsp3) is 0. The van der Waals surface area contributed by atoms with E-state index in [1.807, 2.05) is 0 Å². The number of hydrogen-bond acceptors (Lipinski definition) is 2. The Balaban J connectivity index is 2.67. The third kappa shape index (κ3) is 2.23. The number of benzene rings is 1. The lowest BCUT2D eigenvalue weighted by atomic mass is 10.0. The molecule has 0 radical (unpaired) electrons. The van der Waals surface area contributed by atoms with Crippen LogP contribution in [0.3, 0.4) is 0 Å². The number of aromatic carboxylic acids is 1. The van der Waals surface area contributed by atoms with Gasteiger partial charge >= 0.3 is 5.97 Å². The van der Waals surface area contributed by atoms with E-state index in [1.165, 1.54) is 24.4 Å². The van der Waals surface area contributed by atoms with Gasteiger partial charge in [0.2, 0.25) is 5.56 Å². The van der Waals surface area contributed by atoms with Crippen molar-refractivity contribution in [2.45, 2.75) is 0 Å². The summed E-state index contributed by atoms with van der Waals surface area (Å²) in [6, 6.07) is 6.49. The van der Waals surface area contributed by atoms with Gasteiger partial charge in [-0.15, -0.1) is 0 Å². The molecule has 17 heavy (non-hydrogen) atoms. The van der Waals surface area contributed by atoms with E-state index in [0.29, 0.717) is 5.56 Å². The molecule has 0 aliphatic rings. The maximum absolute atomic E-state index is 13.0. The minimum Gasteiger partial charge on any atom is -0.478 e. The molecule has 1 aromatic heterocycles. The Bertz CT molecular complexity index is 634. The molecule has 2 N–H and O–H groups in total. The maximum Gasteiger partial charge on any atom is 0.336 e. The summed E-state index contributed by atoms with van der Waals surface area (Å²) in [6.45, 7) is 0. The third-order valence-electron chi connectivity index (χ3n) is 2.29. The average molecular weight is 233 g/mol. The van der Waals surface area contributed by atoms with Crippen molar-refractivity contribution in [3.05, 3.63) is 58.3 Å². The van der Waals surface area contributed by atoms with Crippen LogP contribution in [0.5, 0.6) is 0 Å². The molecule has 0 bridgehead atoms. The number of carboxylic acids is 1. The van der Waals surface area contributed by atoms with Crippen LogP contribution in [0, 0.1) is 5.82 Å². The van der Waals surface area contributed by atoms with E-state index in [-0.39, 0.29) is 11.1 Å². The molecule has 0 saturated carbocycles. The first kappa shape index (κ1) is 11.1. The number of carboxylic acid groups (broad SMARTS) is 1. The fourth-order valence-electron chi connectivity index (χ4n) is 1.54. The average Bonchev–Trinajstić information content (AvgIpc) is 2.28. The molecule has 0 spiro atoms. The second-order valence-electron chi connectivity index (χ2n) is 3.44. The van der Waals surface area contributed by atoms with Crippen LogP contribution in [0.1, 0.15) is 10.4 Å². The van der Waals surface area contributed by atoms with Crippen LogP contribution in [-0.4, -0.2) is 16.1 Å².